The van der Waals surface area contributed by atoms with Crippen LogP contribution >= 0.6 is 15.6 Å². The first-order chi connectivity index (χ1) is 52.8. The normalized spacial score (nSPS) is 14.3. The van der Waals surface area contributed by atoms with Crippen LogP contribution in [-0.4, -0.2) is 96.7 Å². The van der Waals surface area contributed by atoms with Crippen LogP contribution in [-0.2, 0) is 65.4 Å². The van der Waals surface area contributed by atoms with E-state index >= 15 is 0 Å². The molecule has 0 rings (SSSR count). The third kappa shape index (κ3) is 81.0. The Hall–Kier alpha value is -1.94. The van der Waals surface area contributed by atoms with E-state index in [-0.39, 0.29) is 25.7 Å². The molecule has 0 aromatic carbocycles. The van der Waals surface area contributed by atoms with Crippen LogP contribution in [0.15, 0.2) is 0 Å². The summed E-state index contributed by atoms with van der Waals surface area (Å²) in [5, 5.41) is 10.7. The largest absolute Gasteiger partial charge is 0.472 e. The van der Waals surface area contributed by atoms with Crippen molar-refractivity contribution in [3.8, 4) is 0 Å². The van der Waals surface area contributed by atoms with Crippen LogP contribution in [0.4, 0.5) is 0 Å². The molecule has 0 spiro atoms. The van der Waals surface area contributed by atoms with Crippen LogP contribution in [0, 0.1) is 17.8 Å². The van der Waals surface area contributed by atoms with Crippen molar-refractivity contribution in [2.24, 2.45) is 17.8 Å². The van der Waals surface area contributed by atoms with Crippen LogP contribution < -0.4 is 0 Å². The van der Waals surface area contributed by atoms with Gasteiger partial charge < -0.3 is 33.8 Å². The van der Waals surface area contributed by atoms with Gasteiger partial charge in [0.05, 0.1) is 26.4 Å². The number of hydrogen-bond donors (Lipinski definition) is 3. The number of aliphatic hydroxyl groups excluding tert-OH is 1. The van der Waals surface area contributed by atoms with Gasteiger partial charge in [0.2, 0.25) is 0 Å². The lowest BCUT2D eigenvalue weighted by Gasteiger charge is -2.21. The van der Waals surface area contributed by atoms with Gasteiger partial charge in [-0.1, -0.05) is 427 Å². The minimum absolute atomic E-state index is 0.107. The van der Waals surface area contributed by atoms with Gasteiger partial charge in [-0.2, -0.15) is 0 Å². The van der Waals surface area contributed by atoms with E-state index in [1.165, 1.54) is 289 Å². The molecular formula is C90H176O17P2. The lowest BCUT2D eigenvalue weighted by Crippen LogP contribution is -2.30. The predicted molar refractivity (Wildman–Crippen MR) is 451 cm³/mol. The molecule has 0 heterocycles. The monoisotopic (exact) mass is 1590 g/mol. The van der Waals surface area contributed by atoms with E-state index < -0.39 is 97.5 Å². The minimum atomic E-state index is -4.97. The third-order valence-corrected chi connectivity index (χ3v) is 23.8. The van der Waals surface area contributed by atoms with E-state index in [1.54, 1.807) is 0 Å². The number of rotatable bonds is 88. The Kier molecular flexibility index (Phi) is 78.5. The summed E-state index contributed by atoms with van der Waals surface area (Å²) in [6, 6.07) is 0. The smallest absolute Gasteiger partial charge is 0.462 e. The third-order valence-electron chi connectivity index (χ3n) is 21.9. The fourth-order valence-corrected chi connectivity index (χ4v) is 15.6. The number of hydrogen-bond acceptors (Lipinski definition) is 15. The van der Waals surface area contributed by atoms with E-state index in [9.17, 15) is 43.2 Å². The molecule has 0 aromatic rings. The Morgan fingerprint density at radius 1 is 0.266 bits per heavy atom. The fourth-order valence-electron chi connectivity index (χ4n) is 14.0. The Labute approximate surface area is 670 Å². The highest BCUT2D eigenvalue weighted by molar-refractivity contribution is 7.47. The quantitative estimate of drug-likeness (QED) is 0.0222. The Morgan fingerprint density at radius 2 is 0.468 bits per heavy atom. The Balaban J connectivity index is 5.25. The van der Waals surface area contributed by atoms with Crippen LogP contribution in [0.25, 0.3) is 0 Å². The summed E-state index contributed by atoms with van der Waals surface area (Å²) in [4.78, 5) is 73.4. The van der Waals surface area contributed by atoms with Crippen molar-refractivity contribution in [2.45, 2.75) is 497 Å². The molecule has 109 heavy (non-hydrogen) atoms. The zero-order valence-electron chi connectivity index (χ0n) is 72.0. The molecule has 4 unspecified atom stereocenters. The molecule has 0 radical (unpaired) electrons. The molecule has 17 nitrogen and oxygen atoms in total. The number of aliphatic hydroxyl groups is 1. The highest BCUT2D eigenvalue weighted by Crippen LogP contribution is 2.45. The van der Waals surface area contributed by atoms with Crippen molar-refractivity contribution in [2.75, 3.05) is 39.6 Å². The van der Waals surface area contributed by atoms with Crippen molar-refractivity contribution in [1.29, 1.82) is 0 Å². The summed E-state index contributed by atoms with van der Waals surface area (Å²) >= 11 is 0. The van der Waals surface area contributed by atoms with Gasteiger partial charge in [-0.05, 0) is 43.4 Å². The highest BCUT2D eigenvalue weighted by atomic mass is 31.2. The zero-order chi connectivity index (χ0) is 80.0. The average molecular weight is 1590 g/mol. The standard InChI is InChI=1S/C90H176O17P2/c1-8-11-12-13-14-15-16-17-18-19-20-21-25-28-31-37-42-50-57-64-71-87(92)100-77-85(106-89(94)73-66-59-52-43-38-32-29-26-23-22-24-27-30-36-41-48-55-62-69-82(6)9-2)79-104-108(96,97)102-75-84(91)76-103-109(98,99)105-80-86(78-101-88(93)72-65-58-51-46-45-49-56-63-70-83(7)10-3)107-90(95)74-67-60-53-44-39-34-33-35-40-47-54-61-68-81(4)5/h81-86,91H,8-80H2,1-7H3,(H,96,97)(H,98,99)/t82?,83?,84-,85-,86-/m1/s1. The van der Waals surface area contributed by atoms with E-state index in [1.807, 2.05) is 0 Å². The first kappa shape index (κ1) is 107. The van der Waals surface area contributed by atoms with Gasteiger partial charge in [-0.25, -0.2) is 9.13 Å². The van der Waals surface area contributed by atoms with Gasteiger partial charge in [0.25, 0.3) is 0 Å². The lowest BCUT2D eigenvalue weighted by molar-refractivity contribution is -0.161. The van der Waals surface area contributed by atoms with E-state index in [0.29, 0.717) is 25.7 Å². The topological polar surface area (TPSA) is 237 Å². The molecular weight excluding hydrogens is 1410 g/mol. The minimum Gasteiger partial charge on any atom is -0.462 e. The number of unbranched alkanes of at least 4 members (excludes halogenated alkanes) is 54. The molecule has 0 bridgehead atoms. The maximum Gasteiger partial charge on any atom is 0.472 e. The molecule has 0 amide bonds. The first-order valence-electron chi connectivity index (χ1n) is 46.4. The number of ether oxygens (including phenoxy) is 4. The fraction of sp³-hybridized carbons (Fsp3) is 0.956. The summed E-state index contributed by atoms with van der Waals surface area (Å²) in [6.07, 6.45) is 72.2. The molecule has 3 N–H and O–H groups in total. The van der Waals surface area contributed by atoms with Crippen molar-refractivity contribution in [3.05, 3.63) is 0 Å². The molecule has 0 aliphatic heterocycles. The second kappa shape index (κ2) is 79.9. The zero-order valence-corrected chi connectivity index (χ0v) is 73.8. The molecule has 7 atom stereocenters. The summed E-state index contributed by atoms with van der Waals surface area (Å²) in [5.41, 5.74) is 0. The van der Waals surface area contributed by atoms with Crippen LogP contribution in [0.5, 0.6) is 0 Å². The second-order valence-electron chi connectivity index (χ2n) is 33.3. The van der Waals surface area contributed by atoms with E-state index in [0.717, 1.165) is 108 Å². The van der Waals surface area contributed by atoms with Crippen molar-refractivity contribution >= 4 is 39.5 Å². The number of carbonyl (C=O) groups is 4. The van der Waals surface area contributed by atoms with Gasteiger partial charge in [0.15, 0.2) is 12.2 Å². The Bertz CT molecular complexity index is 2100. The van der Waals surface area contributed by atoms with Crippen LogP contribution in [0.1, 0.15) is 479 Å². The maximum atomic E-state index is 13.2. The Morgan fingerprint density at radius 3 is 0.697 bits per heavy atom. The van der Waals surface area contributed by atoms with Gasteiger partial charge in [-0.15, -0.1) is 0 Å². The average Bonchev–Trinajstić information content (AvgIpc) is 0.899. The second-order valence-corrected chi connectivity index (χ2v) is 36.2. The number of carbonyl (C=O) groups excluding carboxylic acids is 4. The van der Waals surface area contributed by atoms with E-state index in [4.69, 9.17) is 37.0 Å². The maximum absolute atomic E-state index is 13.2. The molecule has 0 saturated carbocycles. The SMILES string of the molecule is CCCCCCCCCCCCCCCCCCCCCCC(=O)OC[C@H](COP(=O)(O)OC[C@@H](O)COP(=O)(O)OC[C@@H](COC(=O)CCCCCCCCCCC(C)CC)OC(=O)CCCCCCCCCCCCCCC(C)C)OC(=O)CCCCCCCCCCCCCCCCCCCCC(C)CC. The van der Waals surface area contributed by atoms with Gasteiger partial charge in [0.1, 0.15) is 19.3 Å². The van der Waals surface area contributed by atoms with Crippen molar-refractivity contribution in [1.82, 2.24) is 0 Å². The van der Waals surface area contributed by atoms with Gasteiger partial charge in [-0.3, -0.25) is 37.3 Å². The van der Waals surface area contributed by atoms with Crippen molar-refractivity contribution in [3.63, 3.8) is 0 Å². The summed E-state index contributed by atoms with van der Waals surface area (Å²) < 4.78 is 69.0. The lowest BCUT2D eigenvalue weighted by atomic mass is 9.99. The van der Waals surface area contributed by atoms with Crippen LogP contribution in [0.2, 0.25) is 0 Å². The number of esters is 4. The molecule has 0 fully saturated rings. The molecule has 0 aliphatic carbocycles. The summed E-state index contributed by atoms with van der Waals surface area (Å²) in [5.74, 6) is 0.325. The summed E-state index contributed by atoms with van der Waals surface area (Å²) in [7, 11) is -9.94. The van der Waals surface area contributed by atoms with Gasteiger partial charge in [0, 0.05) is 25.7 Å². The van der Waals surface area contributed by atoms with Crippen LogP contribution in [0.3, 0.4) is 0 Å². The van der Waals surface area contributed by atoms with Gasteiger partial charge >= 0.3 is 39.5 Å². The predicted octanol–water partition coefficient (Wildman–Crippen LogP) is 27.6. The molecule has 0 saturated heterocycles. The highest BCUT2D eigenvalue weighted by Gasteiger charge is 2.31. The number of phosphoric acid groups is 2. The first-order valence-corrected chi connectivity index (χ1v) is 49.4. The molecule has 0 aliphatic rings. The molecule has 19 heteroatoms. The summed E-state index contributed by atoms with van der Waals surface area (Å²) in [6.45, 7) is 12.1. The molecule has 648 valence electrons. The number of phosphoric ester groups is 2. The van der Waals surface area contributed by atoms with Crippen molar-refractivity contribution < 1.29 is 80.2 Å². The molecule has 0 aromatic heterocycles. The van der Waals surface area contributed by atoms with E-state index in [2.05, 4.69) is 48.5 Å².